The summed E-state index contributed by atoms with van der Waals surface area (Å²) in [6.45, 7) is 4.77. The molecule has 1 aliphatic rings. The number of likely N-dealkylation sites (tertiary alicyclic amines) is 1. The van der Waals surface area contributed by atoms with Crippen molar-refractivity contribution in [2.45, 2.75) is 25.9 Å². The number of carbonyl (C=O) groups excluding carboxylic acids is 1. The van der Waals surface area contributed by atoms with Gasteiger partial charge in [0.25, 0.3) is 5.91 Å². The molecule has 0 aliphatic carbocycles. The van der Waals surface area contributed by atoms with Crippen LogP contribution >= 0.6 is 15.9 Å². The number of hydrogen-bond acceptors (Lipinski definition) is 2. The average molecular weight is 298 g/mol. The zero-order valence-corrected chi connectivity index (χ0v) is 11.6. The Morgan fingerprint density at radius 2 is 2.24 bits per heavy atom. The van der Waals surface area contributed by atoms with Crippen molar-refractivity contribution in [1.29, 1.82) is 0 Å². The molecule has 0 aromatic heterocycles. The smallest absolute Gasteiger partial charge is 0.253 e. The van der Waals surface area contributed by atoms with Crippen molar-refractivity contribution in [3.05, 3.63) is 33.8 Å². The van der Waals surface area contributed by atoms with Gasteiger partial charge in [-0.15, -0.1) is 0 Å². The lowest BCUT2D eigenvalue weighted by atomic mass is 10.1. The van der Waals surface area contributed by atoms with Crippen molar-refractivity contribution in [3.8, 4) is 0 Å². The molecule has 17 heavy (non-hydrogen) atoms. The summed E-state index contributed by atoms with van der Waals surface area (Å²) in [6, 6.07) is 5.57. The zero-order chi connectivity index (χ0) is 12.6. The van der Waals surface area contributed by atoms with Crippen LogP contribution in [0.4, 0.5) is 0 Å². The van der Waals surface area contributed by atoms with E-state index < -0.39 is 5.60 Å². The molecule has 3 nitrogen and oxygen atoms in total. The van der Waals surface area contributed by atoms with Crippen LogP contribution in [0.25, 0.3) is 0 Å². The number of halogens is 1. The summed E-state index contributed by atoms with van der Waals surface area (Å²) in [5, 5.41) is 9.86. The van der Waals surface area contributed by atoms with E-state index in [1.165, 1.54) is 0 Å². The molecule has 0 bridgehead atoms. The molecule has 1 heterocycles. The number of carbonyl (C=O) groups is 1. The van der Waals surface area contributed by atoms with Gasteiger partial charge >= 0.3 is 0 Å². The van der Waals surface area contributed by atoms with Crippen LogP contribution in [0.5, 0.6) is 0 Å². The number of benzene rings is 1. The maximum absolute atomic E-state index is 12.2. The molecule has 1 atom stereocenters. The Balaban J connectivity index is 2.18. The van der Waals surface area contributed by atoms with E-state index in [0.717, 1.165) is 10.0 Å². The minimum atomic E-state index is -0.736. The summed E-state index contributed by atoms with van der Waals surface area (Å²) >= 11 is 3.42. The predicted octanol–water partition coefficient (Wildman–Crippen LogP) is 2.35. The second kappa shape index (κ2) is 4.42. The van der Waals surface area contributed by atoms with Gasteiger partial charge < -0.3 is 10.0 Å². The number of β-amino-alcohol motifs (C(OH)–C–C–N with tert-alkyl or cyclic N) is 1. The van der Waals surface area contributed by atoms with Crippen LogP contribution in [0.3, 0.4) is 0 Å². The summed E-state index contributed by atoms with van der Waals surface area (Å²) in [5.41, 5.74) is 0.991. The molecule has 1 unspecified atom stereocenters. The summed E-state index contributed by atoms with van der Waals surface area (Å²) in [6.07, 6.45) is 0.647. The number of rotatable bonds is 1. The number of amides is 1. The van der Waals surface area contributed by atoms with Crippen molar-refractivity contribution in [2.75, 3.05) is 13.1 Å². The highest BCUT2D eigenvalue weighted by atomic mass is 79.9. The monoisotopic (exact) mass is 297 g/mol. The second-order valence-corrected chi connectivity index (χ2v) is 5.79. The maximum atomic E-state index is 12.2. The van der Waals surface area contributed by atoms with Crippen LogP contribution in [0.15, 0.2) is 22.7 Å². The van der Waals surface area contributed by atoms with Gasteiger partial charge in [0.2, 0.25) is 0 Å². The maximum Gasteiger partial charge on any atom is 0.253 e. The van der Waals surface area contributed by atoms with Gasteiger partial charge in [0.15, 0.2) is 0 Å². The summed E-state index contributed by atoms with van der Waals surface area (Å²) in [4.78, 5) is 13.9. The number of aryl methyl sites for hydroxylation is 1. The quantitative estimate of drug-likeness (QED) is 0.864. The predicted molar refractivity (Wildman–Crippen MR) is 70.0 cm³/mol. The fourth-order valence-electron chi connectivity index (χ4n) is 2.08. The zero-order valence-electron chi connectivity index (χ0n) is 10.0. The lowest BCUT2D eigenvalue weighted by Gasteiger charge is -2.19. The molecule has 0 radical (unpaired) electrons. The van der Waals surface area contributed by atoms with E-state index in [-0.39, 0.29) is 5.91 Å². The third-order valence-electron chi connectivity index (χ3n) is 3.14. The molecule has 1 saturated heterocycles. The van der Waals surface area contributed by atoms with Gasteiger partial charge in [0, 0.05) is 23.1 Å². The van der Waals surface area contributed by atoms with E-state index in [1.807, 2.05) is 25.1 Å². The summed E-state index contributed by atoms with van der Waals surface area (Å²) in [5.74, 6) is -0.00150. The molecule has 4 heteroatoms. The van der Waals surface area contributed by atoms with Gasteiger partial charge in [-0.1, -0.05) is 15.9 Å². The first-order valence-electron chi connectivity index (χ1n) is 5.67. The van der Waals surface area contributed by atoms with Crippen LogP contribution in [0.1, 0.15) is 29.3 Å². The van der Waals surface area contributed by atoms with E-state index in [2.05, 4.69) is 15.9 Å². The molecule has 92 valence electrons. The average Bonchev–Trinajstić information content (AvgIpc) is 2.62. The number of hydrogen-bond donors (Lipinski definition) is 1. The molecule has 1 fully saturated rings. The fourth-order valence-corrected chi connectivity index (χ4v) is 2.33. The first-order chi connectivity index (χ1) is 7.89. The van der Waals surface area contributed by atoms with Gasteiger partial charge in [0.05, 0.1) is 5.60 Å². The molecule has 1 aromatic carbocycles. The Labute approximate surface area is 110 Å². The van der Waals surface area contributed by atoms with Crippen LogP contribution in [0.2, 0.25) is 0 Å². The molecule has 1 amide bonds. The lowest BCUT2D eigenvalue weighted by molar-refractivity contribution is 0.0572. The van der Waals surface area contributed by atoms with Crippen molar-refractivity contribution < 1.29 is 9.90 Å². The van der Waals surface area contributed by atoms with Crippen molar-refractivity contribution in [1.82, 2.24) is 4.90 Å². The third-order valence-corrected chi connectivity index (χ3v) is 4.03. The van der Waals surface area contributed by atoms with Gasteiger partial charge in [-0.3, -0.25) is 4.79 Å². The summed E-state index contributed by atoms with van der Waals surface area (Å²) < 4.78 is 1.00. The van der Waals surface area contributed by atoms with E-state index in [9.17, 15) is 9.90 Å². The highest BCUT2D eigenvalue weighted by Gasteiger charge is 2.34. The Bertz CT molecular complexity index is 457. The van der Waals surface area contributed by atoms with Crippen LogP contribution < -0.4 is 0 Å². The van der Waals surface area contributed by atoms with E-state index >= 15 is 0 Å². The number of nitrogens with zero attached hydrogens (tertiary/aromatic N) is 1. The highest BCUT2D eigenvalue weighted by Crippen LogP contribution is 2.23. The van der Waals surface area contributed by atoms with Gasteiger partial charge in [-0.2, -0.15) is 0 Å². The van der Waals surface area contributed by atoms with Crippen LogP contribution in [0, 0.1) is 6.92 Å². The first kappa shape index (κ1) is 12.6. The van der Waals surface area contributed by atoms with E-state index in [1.54, 1.807) is 11.8 Å². The van der Waals surface area contributed by atoms with E-state index in [0.29, 0.717) is 25.1 Å². The standard InChI is InChI=1S/C13H16BrNO2/c1-9-7-10(3-4-11(9)14)12(16)15-6-5-13(2,17)8-15/h3-4,7,17H,5-6,8H2,1-2H3. The highest BCUT2D eigenvalue weighted by molar-refractivity contribution is 9.10. The van der Waals surface area contributed by atoms with Crippen molar-refractivity contribution in [3.63, 3.8) is 0 Å². The molecule has 1 N–H and O–H groups in total. The van der Waals surface area contributed by atoms with Gasteiger partial charge in [-0.05, 0) is 44.0 Å². The molecule has 0 spiro atoms. The second-order valence-electron chi connectivity index (χ2n) is 4.94. The molecular weight excluding hydrogens is 282 g/mol. The van der Waals surface area contributed by atoms with Crippen LogP contribution in [-0.2, 0) is 0 Å². The topological polar surface area (TPSA) is 40.5 Å². The SMILES string of the molecule is Cc1cc(C(=O)N2CCC(C)(O)C2)ccc1Br. The van der Waals surface area contributed by atoms with Crippen molar-refractivity contribution >= 4 is 21.8 Å². The Morgan fingerprint density at radius 3 is 2.76 bits per heavy atom. The van der Waals surface area contributed by atoms with Gasteiger partial charge in [0.1, 0.15) is 0 Å². The van der Waals surface area contributed by atoms with Gasteiger partial charge in [-0.25, -0.2) is 0 Å². The minimum Gasteiger partial charge on any atom is -0.388 e. The Hall–Kier alpha value is -0.870. The Kier molecular flexibility index (Phi) is 3.27. The molecule has 1 aromatic rings. The minimum absolute atomic E-state index is 0.00150. The molecule has 0 saturated carbocycles. The molecular formula is C13H16BrNO2. The van der Waals surface area contributed by atoms with Crippen LogP contribution in [-0.4, -0.2) is 34.6 Å². The Morgan fingerprint density at radius 1 is 1.53 bits per heavy atom. The third kappa shape index (κ3) is 2.69. The molecule has 1 aliphatic heterocycles. The molecule has 2 rings (SSSR count). The first-order valence-corrected chi connectivity index (χ1v) is 6.46. The number of aliphatic hydroxyl groups is 1. The summed E-state index contributed by atoms with van der Waals surface area (Å²) in [7, 11) is 0. The largest absolute Gasteiger partial charge is 0.388 e. The fraction of sp³-hybridized carbons (Fsp3) is 0.462. The normalized spacial score (nSPS) is 24.1. The van der Waals surface area contributed by atoms with E-state index in [4.69, 9.17) is 0 Å². The lowest BCUT2D eigenvalue weighted by Crippen LogP contribution is -2.33. The van der Waals surface area contributed by atoms with Crippen molar-refractivity contribution in [2.24, 2.45) is 0 Å².